The van der Waals surface area contributed by atoms with Gasteiger partial charge in [-0.3, -0.25) is 9.69 Å². The molecule has 0 aromatic heterocycles. The number of carbonyl (C=O) groups is 1. The van der Waals surface area contributed by atoms with Crippen LogP contribution in [-0.2, 0) is 0 Å². The highest BCUT2D eigenvalue weighted by molar-refractivity contribution is 6.00. The van der Waals surface area contributed by atoms with Crippen molar-refractivity contribution in [2.24, 2.45) is 5.73 Å². The van der Waals surface area contributed by atoms with Crippen molar-refractivity contribution in [2.45, 2.75) is 26.3 Å². The quantitative estimate of drug-likeness (QED) is 0.260. The van der Waals surface area contributed by atoms with Gasteiger partial charge in [-0.15, -0.1) is 0 Å². The fourth-order valence-electron chi connectivity index (χ4n) is 4.92. The van der Waals surface area contributed by atoms with Gasteiger partial charge in [-0.25, -0.2) is 9.37 Å². The number of hydrogen-bond donors (Lipinski definition) is 4. The molecule has 3 aliphatic heterocycles. The molecule has 3 heterocycles. The minimum absolute atomic E-state index is 0.213. The first-order valence-electron chi connectivity index (χ1n) is 13.0. The second-order valence-electron chi connectivity index (χ2n) is 9.77. The maximum Gasteiger partial charge on any atom is 0.253 e. The predicted molar refractivity (Wildman–Crippen MR) is 151 cm³/mol. The first-order valence-corrected chi connectivity index (χ1v) is 13.0. The number of rotatable bonds is 8. The van der Waals surface area contributed by atoms with Crippen LogP contribution in [-0.4, -0.2) is 65.1 Å². The van der Waals surface area contributed by atoms with E-state index >= 15 is 0 Å². The lowest BCUT2D eigenvalue weighted by atomic mass is 10.1. The van der Waals surface area contributed by atoms with E-state index in [-0.39, 0.29) is 11.3 Å². The van der Waals surface area contributed by atoms with Crippen molar-refractivity contribution in [3.8, 4) is 17.1 Å². The lowest BCUT2D eigenvalue weighted by molar-refractivity contribution is 0.0997. The normalized spacial score (nSPS) is 14.4. The van der Waals surface area contributed by atoms with Crippen molar-refractivity contribution < 1.29 is 13.9 Å². The van der Waals surface area contributed by atoms with Crippen molar-refractivity contribution in [1.29, 1.82) is 0 Å². The maximum atomic E-state index is 14.3. The number of hydrogen-bond acceptors (Lipinski definition) is 8. The number of fused-ring (bicyclic) bond motifs is 1. The van der Waals surface area contributed by atoms with Crippen molar-refractivity contribution in [1.82, 2.24) is 19.9 Å². The second-order valence-corrected chi connectivity index (χ2v) is 9.77. The van der Waals surface area contributed by atoms with E-state index in [9.17, 15) is 9.18 Å². The highest BCUT2D eigenvalue weighted by Gasteiger charge is 2.21. The molecule has 0 bridgehead atoms. The van der Waals surface area contributed by atoms with E-state index in [4.69, 9.17) is 10.5 Å². The fourth-order valence-corrected chi connectivity index (χ4v) is 4.92. The number of aromatic nitrogens is 3. The van der Waals surface area contributed by atoms with E-state index < -0.39 is 11.7 Å². The zero-order valence-corrected chi connectivity index (χ0v) is 22.3. The van der Waals surface area contributed by atoms with E-state index in [0.29, 0.717) is 40.6 Å². The Hall–Kier alpha value is -4.38. The van der Waals surface area contributed by atoms with E-state index in [2.05, 4.69) is 55.3 Å². The number of amides is 1. The fraction of sp³-hybridized carbons (Fsp3) is 0.321. The summed E-state index contributed by atoms with van der Waals surface area (Å²) >= 11 is 0. The van der Waals surface area contributed by atoms with Gasteiger partial charge in [-0.1, -0.05) is 6.07 Å². The summed E-state index contributed by atoms with van der Waals surface area (Å²) in [4.78, 5) is 29.0. The summed E-state index contributed by atoms with van der Waals surface area (Å²) in [6, 6.07) is 12.6. The maximum absolute atomic E-state index is 14.3. The summed E-state index contributed by atoms with van der Waals surface area (Å²) in [5.41, 5.74) is 7.88. The molecule has 0 saturated carbocycles. The zero-order valence-electron chi connectivity index (χ0n) is 22.3. The molecule has 0 radical (unpaired) electrons. The molecule has 0 atom stereocenters. The summed E-state index contributed by atoms with van der Waals surface area (Å²) in [6.07, 6.45) is 2.74. The average molecular weight is 533 g/mol. The number of ether oxygens (including phenoxy) is 1. The minimum atomic E-state index is -0.875. The number of carbonyl (C=O) groups excluding carboxylic acids is 1. The average Bonchev–Trinajstić information content (AvgIpc) is 3.24. The van der Waals surface area contributed by atoms with Gasteiger partial charge in [-0.2, -0.15) is 4.98 Å². The number of methoxy groups -OCH3 is 1. The van der Waals surface area contributed by atoms with Crippen LogP contribution in [0.25, 0.3) is 11.4 Å². The van der Waals surface area contributed by atoms with Gasteiger partial charge < -0.3 is 31.0 Å². The molecular weight excluding hydrogens is 499 g/mol. The standard InChI is InChI=1S/C28H33FN8O2/c1-17(2)36-12-5-13-37(15-14-36)18-8-9-21(23(16-18)39-3)33-28-34-26-19(10-11-31-26)27(35-28)32-22-7-4-6-20(29)24(22)25(30)38/h4,6-11,16-17H,5,12-15H2,1-3H3,(H2,30,38)(H3,31,32,33,34,35). The summed E-state index contributed by atoms with van der Waals surface area (Å²) in [6.45, 7) is 8.52. The van der Waals surface area contributed by atoms with Crippen LogP contribution in [0.2, 0.25) is 0 Å². The molecule has 5 N–H and O–H groups in total. The Morgan fingerprint density at radius 3 is 2.72 bits per heavy atom. The molecule has 10 nitrogen and oxygen atoms in total. The number of nitrogens with one attached hydrogen (secondary N) is 3. The molecule has 204 valence electrons. The van der Waals surface area contributed by atoms with Crippen LogP contribution in [0.15, 0.2) is 48.7 Å². The van der Waals surface area contributed by atoms with Crippen molar-refractivity contribution in [3.63, 3.8) is 0 Å². The van der Waals surface area contributed by atoms with Gasteiger partial charge >= 0.3 is 0 Å². The smallest absolute Gasteiger partial charge is 0.253 e. The van der Waals surface area contributed by atoms with Crippen molar-refractivity contribution >= 4 is 34.7 Å². The number of anilines is 5. The third-order valence-electron chi connectivity index (χ3n) is 6.99. The predicted octanol–water partition coefficient (Wildman–Crippen LogP) is 4.56. The molecule has 2 aromatic carbocycles. The number of H-pyrrole nitrogens is 1. The number of nitrogens with two attached hydrogens (primary N) is 1. The van der Waals surface area contributed by atoms with Crippen molar-refractivity contribution in [2.75, 3.05) is 48.8 Å². The number of aromatic amines is 1. The van der Waals surface area contributed by atoms with E-state index in [1.54, 1.807) is 25.4 Å². The highest BCUT2D eigenvalue weighted by Crippen LogP contribution is 2.35. The van der Waals surface area contributed by atoms with Crippen LogP contribution in [0.5, 0.6) is 5.75 Å². The van der Waals surface area contributed by atoms with Gasteiger partial charge in [0.05, 0.1) is 29.6 Å². The monoisotopic (exact) mass is 532 g/mol. The van der Waals surface area contributed by atoms with Crippen LogP contribution >= 0.6 is 0 Å². The Balaban J connectivity index is 1.42. The Bertz CT molecular complexity index is 1440. The van der Waals surface area contributed by atoms with E-state index in [0.717, 1.165) is 38.3 Å². The molecular formula is C28H33FN8O2. The van der Waals surface area contributed by atoms with Crippen LogP contribution in [0.1, 0.15) is 30.6 Å². The molecule has 39 heavy (non-hydrogen) atoms. The van der Waals surface area contributed by atoms with Gasteiger partial charge in [0.2, 0.25) is 5.95 Å². The lowest BCUT2D eigenvalue weighted by Gasteiger charge is -2.26. The molecule has 5 rings (SSSR count). The minimum Gasteiger partial charge on any atom is -0.494 e. The second kappa shape index (κ2) is 11.2. The highest BCUT2D eigenvalue weighted by atomic mass is 19.1. The van der Waals surface area contributed by atoms with Crippen LogP contribution in [0.4, 0.5) is 33.2 Å². The Morgan fingerprint density at radius 1 is 1.10 bits per heavy atom. The molecule has 1 fully saturated rings. The summed E-state index contributed by atoms with van der Waals surface area (Å²) < 4.78 is 20.1. The van der Waals surface area contributed by atoms with Crippen molar-refractivity contribution in [3.05, 3.63) is 60.0 Å². The summed E-state index contributed by atoms with van der Waals surface area (Å²) in [5, 5.41) is 6.33. The number of halogens is 1. The van der Waals surface area contributed by atoms with E-state index in [1.807, 2.05) is 12.1 Å². The first-order chi connectivity index (χ1) is 18.8. The third kappa shape index (κ3) is 5.58. The molecule has 0 aliphatic carbocycles. The Morgan fingerprint density at radius 2 is 1.95 bits per heavy atom. The molecule has 0 unspecified atom stereocenters. The van der Waals surface area contributed by atoms with Gasteiger partial charge in [0.1, 0.15) is 23.2 Å². The number of nitrogens with zero attached hydrogens (tertiary/aromatic N) is 4. The molecule has 1 saturated heterocycles. The van der Waals surface area contributed by atoms with Gasteiger partial charge in [0.25, 0.3) is 5.91 Å². The van der Waals surface area contributed by atoms with Gasteiger partial charge in [0, 0.05) is 50.2 Å². The molecule has 1 amide bonds. The van der Waals surface area contributed by atoms with Crippen LogP contribution in [0.3, 0.4) is 0 Å². The van der Waals surface area contributed by atoms with Gasteiger partial charge in [0.15, 0.2) is 0 Å². The SMILES string of the molecule is COc1cc(N2CCCN(C(C)C)CC2)ccc1Nc1nc(Nc2cccc(F)c2C(N)=O)c2ccnc-2[nH]1. The Kier molecular flexibility index (Phi) is 7.51. The van der Waals surface area contributed by atoms with E-state index in [1.165, 1.54) is 12.1 Å². The molecule has 0 spiro atoms. The third-order valence-corrected chi connectivity index (χ3v) is 6.99. The number of benzene rings is 2. The zero-order chi connectivity index (χ0) is 27.5. The summed E-state index contributed by atoms with van der Waals surface area (Å²) in [5.74, 6) is 0.400. The van der Waals surface area contributed by atoms with Crippen LogP contribution in [0, 0.1) is 5.82 Å². The van der Waals surface area contributed by atoms with Crippen LogP contribution < -0.4 is 26.0 Å². The Labute approximate surface area is 226 Å². The molecule has 11 heteroatoms. The number of primary amides is 1. The molecule has 2 aromatic rings. The topological polar surface area (TPSA) is 124 Å². The molecule has 3 aliphatic rings. The lowest BCUT2D eigenvalue weighted by Crippen LogP contribution is -2.35. The van der Waals surface area contributed by atoms with Gasteiger partial charge in [-0.05, 0) is 50.6 Å². The first kappa shape index (κ1) is 26.2. The largest absolute Gasteiger partial charge is 0.494 e. The summed E-state index contributed by atoms with van der Waals surface area (Å²) in [7, 11) is 1.63.